The summed E-state index contributed by atoms with van der Waals surface area (Å²) in [5.41, 5.74) is 13.9. The predicted molar refractivity (Wildman–Crippen MR) is 274 cm³/mol. The Labute approximate surface area is 383 Å². The molecule has 0 saturated heterocycles. The first-order valence-electron chi connectivity index (χ1n) is 22.3. The van der Waals surface area contributed by atoms with Crippen LogP contribution in [-0.4, -0.2) is 19.5 Å². The molecule has 0 bridgehead atoms. The van der Waals surface area contributed by atoms with Crippen LogP contribution < -0.4 is 4.90 Å². The van der Waals surface area contributed by atoms with Crippen LogP contribution in [-0.2, 0) is 0 Å². The number of benzene rings is 10. The van der Waals surface area contributed by atoms with Crippen molar-refractivity contribution in [2.45, 2.75) is 0 Å². The zero-order valence-electron chi connectivity index (χ0n) is 35.9. The van der Waals surface area contributed by atoms with E-state index in [4.69, 9.17) is 15.0 Å². The van der Waals surface area contributed by atoms with E-state index in [1.165, 1.54) is 10.8 Å². The van der Waals surface area contributed by atoms with Crippen molar-refractivity contribution in [1.82, 2.24) is 19.5 Å². The van der Waals surface area contributed by atoms with E-state index < -0.39 is 0 Å². The molecular formula is C61H41N5. The van der Waals surface area contributed by atoms with Crippen molar-refractivity contribution in [3.63, 3.8) is 0 Å². The van der Waals surface area contributed by atoms with Gasteiger partial charge >= 0.3 is 0 Å². The second-order valence-electron chi connectivity index (χ2n) is 16.5. The third-order valence-electron chi connectivity index (χ3n) is 12.5. The van der Waals surface area contributed by atoms with Crippen molar-refractivity contribution in [3.8, 4) is 62.1 Å². The molecule has 12 aromatic rings. The largest absolute Gasteiger partial charge is 0.310 e. The Morgan fingerprint density at radius 2 is 0.712 bits per heavy atom. The van der Waals surface area contributed by atoms with E-state index in [1.54, 1.807) is 0 Å². The second kappa shape index (κ2) is 16.6. The fourth-order valence-electron chi connectivity index (χ4n) is 9.12. The van der Waals surface area contributed by atoms with Crippen molar-refractivity contribution < 1.29 is 0 Å². The molecular weight excluding hydrogens is 803 g/mol. The number of anilines is 3. The first kappa shape index (κ1) is 38.7. The van der Waals surface area contributed by atoms with E-state index in [-0.39, 0.29) is 0 Å². The van der Waals surface area contributed by atoms with Crippen LogP contribution in [0, 0.1) is 0 Å². The highest BCUT2D eigenvalue weighted by Gasteiger charge is 2.20. The van der Waals surface area contributed by atoms with Crippen LogP contribution in [0.3, 0.4) is 0 Å². The van der Waals surface area contributed by atoms with Gasteiger partial charge < -0.3 is 4.90 Å². The Hall–Kier alpha value is -8.93. The number of fused-ring (bicyclic) bond motifs is 4. The molecule has 12 rings (SSSR count). The average Bonchev–Trinajstić information content (AvgIpc) is 3.73. The number of rotatable bonds is 9. The van der Waals surface area contributed by atoms with E-state index in [0.717, 1.165) is 83.4 Å². The zero-order chi connectivity index (χ0) is 43.8. The van der Waals surface area contributed by atoms with Crippen molar-refractivity contribution in [2.75, 3.05) is 4.90 Å². The molecule has 0 N–H and O–H groups in total. The monoisotopic (exact) mass is 843 g/mol. The molecule has 0 saturated carbocycles. The average molecular weight is 844 g/mol. The fraction of sp³-hybridized carbons (Fsp3) is 0. The summed E-state index contributed by atoms with van der Waals surface area (Å²) < 4.78 is 2.20. The molecule has 0 aliphatic carbocycles. The Kier molecular flexibility index (Phi) is 9.77. The Balaban J connectivity index is 0.978. The predicted octanol–water partition coefficient (Wildman–Crippen LogP) is 15.9. The number of aromatic nitrogens is 4. The summed E-state index contributed by atoms with van der Waals surface area (Å²) >= 11 is 0. The smallest absolute Gasteiger partial charge is 0.238 e. The minimum Gasteiger partial charge on any atom is -0.310 e. The van der Waals surface area contributed by atoms with Crippen LogP contribution in [0.1, 0.15) is 0 Å². The molecule has 0 fully saturated rings. The summed E-state index contributed by atoms with van der Waals surface area (Å²) in [5.74, 6) is 1.77. The van der Waals surface area contributed by atoms with Gasteiger partial charge in [0, 0.05) is 39.0 Å². The molecule has 0 atom stereocenters. The van der Waals surface area contributed by atoms with Crippen LogP contribution in [0.4, 0.5) is 17.1 Å². The Morgan fingerprint density at radius 1 is 0.273 bits per heavy atom. The Morgan fingerprint density at radius 3 is 1.35 bits per heavy atom. The van der Waals surface area contributed by atoms with E-state index in [0.29, 0.717) is 17.6 Å². The molecule has 66 heavy (non-hydrogen) atoms. The standard InChI is InChI=1S/C61H41N5/c1-4-14-42(15-5-1)45-24-28-48(29-25-45)59-62-60(49-30-26-46(27-31-49)43-16-6-2-7-17-43)64-61(63-59)66-57-23-13-12-22-55(57)56-39-35-51(41-58(56)66)47-32-36-53(37-33-47)65(52-20-8-3-9-21-52)54-38-34-44-18-10-11-19-50(44)40-54/h1-41H. The highest BCUT2D eigenvalue weighted by atomic mass is 15.2. The number of para-hydroxylation sites is 2. The maximum Gasteiger partial charge on any atom is 0.238 e. The molecule has 0 radical (unpaired) electrons. The number of hydrogen-bond acceptors (Lipinski definition) is 4. The van der Waals surface area contributed by atoms with Crippen LogP contribution in [0.5, 0.6) is 0 Å². The van der Waals surface area contributed by atoms with Crippen molar-refractivity contribution >= 4 is 49.6 Å². The molecule has 0 spiro atoms. The molecule has 0 unspecified atom stereocenters. The topological polar surface area (TPSA) is 46.8 Å². The van der Waals surface area contributed by atoms with Gasteiger partial charge in [0.15, 0.2) is 11.6 Å². The van der Waals surface area contributed by atoms with Gasteiger partial charge in [0.2, 0.25) is 5.95 Å². The maximum atomic E-state index is 5.28. The summed E-state index contributed by atoms with van der Waals surface area (Å²) in [5, 5.41) is 4.68. The summed E-state index contributed by atoms with van der Waals surface area (Å²) in [7, 11) is 0. The van der Waals surface area contributed by atoms with Crippen molar-refractivity contribution in [3.05, 3.63) is 249 Å². The lowest BCUT2D eigenvalue weighted by atomic mass is 10.0. The highest BCUT2D eigenvalue weighted by Crippen LogP contribution is 2.39. The molecule has 5 heteroatoms. The third-order valence-corrected chi connectivity index (χ3v) is 12.5. The lowest BCUT2D eigenvalue weighted by Crippen LogP contribution is -2.09. The van der Waals surface area contributed by atoms with Gasteiger partial charge in [0.1, 0.15) is 0 Å². The van der Waals surface area contributed by atoms with E-state index in [1.807, 2.05) is 12.1 Å². The minimum atomic E-state index is 0.557. The van der Waals surface area contributed by atoms with Crippen LogP contribution >= 0.6 is 0 Å². The first-order valence-corrected chi connectivity index (χ1v) is 22.3. The summed E-state index contributed by atoms with van der Waals surface area (Å²) in [4.78, 5) is 18.0. The van der Waals surface area contributed by atoms with Gasteiger partial charge in [-0.2, -0.15) is 9.97 Å². The van der Waals surface area contributed by atoms with Crippen LogP contribution in [0.15, 0.2) is 249 Å². The van der Waals surface area contributed by atoms with E-state index in [2.05, 4.69) is 246 Å². The lowest BCUT2D eigenvalue weighted by Gasteiger charge is -2.26. The van der Waals surface area contributed by atoms with Crippen molar-refractivity contribution in [1.29, 1.82) is 0 Å². The number of hydrogen-bond donors (Lipinski definition) is 0. The third kappa shape index (κ3) is 7.25. The first-order chi connectivity index (χ1) is 32.7. The molecule has 2 aromatic heterocycles. The molecule has 5 nitrogen and oxygen atoms in total. The molecule has 2 heterocycles. The lowest BCUT2D eigenvalue weighted by molar-refractivity contribution is 0.953. The summed E-state index contributed by atoms with van der Waals surface area (Å²) in [6, 6.07) is 87.7. The van der Waals surface area contributed by atoms with E-state index >= 15 is 0 Å². The SMILES string of the molecule is c1ccc(-c2ccc(-c3nc(-c4ccc(-c5ccccc5)cc4)nc(-n4c5ccccc5c5ccc(-c6ccc(N(c7ccccc7)c7ccc8ccccc8c7)cc6)cc54)n3)cc2)cc1. The maximum absolute atomic E-state index is 5.28. The Bertz CT molecular complexity index is 3560. The van der Waals surface area contributed by atoms with Gasteiger partial charge in [-0.3, -0.25) is 4.57 Å². The van der Waals surface area contributed by atoms with Crippen LogP contribution in [0.2, 0.25) is 0 Å². The summed E-state index contributed by atoms with van der Waals surface area (Å²) in [6.07, 6.45) is 0. The molecule has 310 valence electrons. The normalized spacial score (nSPS) is 11.3. The highest BCUT2D eigenvalue weighted by molar-refractivity contribution is 6.10. The van der Waals surface area contributed by atoms with Gasteiger partial charge in [-0.15, -0.1) is 0 Å². The molecule has 0 aliphatic heterocycles. The van der Waals surface area contributed by atoms with Crippen LogP contribution in [0.25, 0.3) is 94.7 Å². The van der Waals surface area contributed by atoms with Gasteiger partial charge in [-0.25, -0.2) is 4.98 Å². The second-order valence-corrected chi connectivity index (χ2v) is 16.5. The van der Waals surface area contributed by atoms with Gasteiger partial charge in [-0.05, 0) is 92.7 Å². The van der Waals surface area contributed by atoms with E-state index in [9.17, 15) is 0 Å². The minimum absolute atomic E-state index is 0.557. The quantitative estimate of drug-likeness (QED) is 0.145. The zero-order valence-corrected chi connectivity index (χ0v) is 35.9. The van der Waals surface area contributed by atoms with Gasteiger partial charge in [0.05, 0.1) is 11.0 Å². The molecule has 10 aromatic carbocycles. The summed E-state index contributed by atoms with van der Waals surface area (Å²) in [6.45, 7) is 0. The number of nitrogens with zero attached hydrogens (tertiary/aromatic N) is 5. The molecule has 0 amide bonds. The fourth-order valence-corrected chi connectivity index (χ4v) is 9.12. The van der Waals surface area contributed by atoms with Gasteiger partial charge in [-0.1, -0.05) is 200 Å². The van der Waals surface area contributed by atoms with Gasteiger partial charge in [0.25, 0.3) is 0 Å². The molecule has 0 aliphatic rings. The van der Waals surface area contributed by atoms with Crippen molar-refractivity contribution in [2.24, 2.45) is 0 Å².